The van der Waals surface area contributed by atoms with Crippen LogP contribution in [0.2, 0.25) is 0 Å². The van der Waals surface area contributed by atoms with E-state index < -0.39 is 27.0 Å². The van der Waals surface area contributed by atoms with Crippen LogP contribution in [0.1, 0.15) is 49.3 Å². The van der Waals surface area contributed by atoms with Gasteiger partial charge < -0.3 is 14.5 Å². The molecular weight excluding hydrogens is 518 g/mol. The van der Waals surface area contributed by atoms with Crippen molar-refractivity contribution in [1.82, 2.24) is 0 Å². The summed E-state index contributed by atoms with van der Waals surface area (Å²) in [6, 6.07) is 29.2. The highest BCUT2D eigenvalue weighted by molar-refractivity contribution is 7.59. The lowest BCUT2D eigenvalue weighted by Gasteiger charge is -2.21. The van der Waals surface area contributed by atoms with Gasteiger partial charge in [-0.3, -0.25) is 13.9 Å². The van der Waals surface area contributed by atoms with Crippen molar-refractivity contribution in [2.24, 2.45) is 0 Å². The van der Waals surface area contributed by atoms with Gasteiger partial charge >= 0.3 is 5.97 Å². The summed E-state index contributed by atoms with van der Waals surface area (Å²) in [5, 5.41) is 0. The molecule has 206 valence electrons. The molecule has 0 amide bonds. The zero-order valence-electron chi connectivity index (χ0n) is 22.1. The molecular formula is C30H40O6P2. The summed E-state index contributed by atoms with van der Waals surface area (Å²) in [4.78, 5) is 31.5. The molecule has 3 aromatic rings. The Hall–Kier alpha value is -2.49. The van der Waals surface area contributed by atoms with Crippen molar-refractivity contribution in [3.05, 3.63) is 108 Å². The minimum absolute atomic E-state index is 0.129. The lowest BCUT2D eigenvalue weighted by atomic mass is 10.1. The van der Waals surface area contributed by atoms with Crippen molar-refractivity contribution in [3.63, 3.8) is 0 Å². The smallest absolute Gasteiger partial charge is 0.319 e. The van der Waals surface area contributed by atoms with Crippen molar-refractivity contribution >= 4 is 21.4 Å². The number of aryl methyl sites for hydroxylation is 2. The van der Waals surface area contributed by atoms with E-state index in [0.717, 1.165) is 30.4 Å². The first kappa shape index (κ1) is 31.7. The summed E-state index contributed by atoms with van der Waals surface area (Å²) in [5.41, 5.74) is 2.30. The Morgan fingerprint density at radius 2 is 1.32 bits per heavy atom. The summed E-state index contributed by atoms with van der Waals surface area (Å²) < 4.78 is 28.5. The second-order valence-electron chi connectivity index (χ2n) is 9.20. The average Bonchev–Trinajstić information content (AvgIpc) is 2.92. The minimum atomic E-state index is -3.61. The Morgan fingerprint density at radius 1 is 0.842 bits per heavy atom. The Balaban J connectivity index is 0.000000352. The van der Waals surface area contributed by atoms with E-state index in [1.165, 1.54) is 5.56 Å². The SMILES string of the molecule is CCCC(C(=O)OCc1ccccc1)P(=O)(O)CCCc1ccccc1.O=[PH](O)CCCc1ccccc1. The van der Waals surface area contributed by atoms with Crippen LogP contribution < -0.4 is 0 Å². The molecule has 3 aromatic carbocycles. The van der Waals surface area contributed by atoms with Crippen LogP contribution in [0.4, 0.5) is 0 Å². The minimum Gasteiger partial charge on any atom is -0.460 e. The molecule has 2 N–H and O–H groups in total. The van der Waals surface area contributed by atoms with Crippen LogP contribution in [0.3, 0.4) is 0 Å². The van der Waals surface area contributed by atoms with E-state index in [4.69, 9.17) is 9.63 Å². The van der Waals surface area contributed by atoms with Crippen LogP contribution in [-0.4, -0.2) is 33.7 Å². The van der Waals surface area contributed by atoms with Crippen molar-refractivity contribution < 1.29 is 28.4 Å². The van der Waals surface area contributed by atoms with Gasteiger partial charge in [-0.15, -0.1) is 0 Å². The fraction of sp³-hybridized carbons (Fsp3) is 0.367. The molecule has 0 radical (unpaired) electrons. The van der Waals surface area contributed by atoms with E-state index >= 15 is 0 Å². The molecule has 3 unspecified atom stereocenters. The monoisotopic (exact) mass is 558 g/mol. The fourth-order valence-electron chi connectivity index (χ4n) is 3.98. The Bertz CT molecular complexity index is 1120. The number of rotatable bonds is 14. The number of hydrogen-bond acceptors (Lipinski definition) is 4. The first-order chi connectivity index (χ1) is 18.3. The van der Waals surface area contributed by atoms with Crippen molar-refractivity contribution in [2.45, 2.75) is 57.7 Å². The highest BCUT2D eigenvalue weighted by Crippen LogP contribution is 2.49. The maximum Gasteiger partial charge on any atom is 0.319 e. The second-order valence-corrected chi connectivity index (χ2v) is 13.1. The van der Waals surface area contributed by atoms with Gasteiger partial charge in [0.2, 0.25) is 7.37 Å². The first-order valence-corrected chi connectivity index (χ1v) is 16.6. The van der Waals surface area contributed by atoms with Crippen LogP contribution in [0, 0.1) is 0 Å². The van der Waals surface area contributed by atoms with Gasteiger partial charge in [0, 0.05) is 12.3 Å². The summed E-state index contributed by atoms with van der Waals surface area (Å²) >= 11 is 0. The van der Waals surface area contributed by atoms with Crippen molar-refractivity contribution in [1.29, 1.82) is 0 Å². The fourth-order valence-corrected chi connectivity index (χ4v) is 6.45. The maximum absolute atomic E-state index is 12.8. The molecule has 0 heterocycles. The molecule has 38 heavy (non-hydrogen) atoms. The Kier molecular flexibility index (Phi) is 15.0. The molecule has 0 saturated carbocycles. The highest BCUT2D eigenvalue weighted by Gasteiger charge is 2.36. The average molecular weight is 559 g/mol. The summed E-state index contributed by atoms with van der Waals surface area (Å²) in [7, 11) is -5.86. The van der Waals surface area contributed by atoms with E-state index in [9.17, 15) is 18.8 Å². The Morgan fingerprint density at radius 3 is 1.79 bits per heavy atom. The summed E-state index contributed by atoms with van der Waals surface area (Å²) in [6.07, 6.45) is 4.61. The summed E-state index contributed by atoms with van der Waals surface area (Å²) in [6.45, 7) is 2.03. The first-order valence-electron chi connectivity index (χ1n) is 13.1. The van der Waals surface area contributed by atoms with Gasteiger partial charge in [-0.05, 0) is 48.8 Å². The number of ether oxygens (including phenoxy) is 1. The van der Waals surface area contributed by atoms with E-state index in [-0.39, 0.29) is 12.8 Å². The van der Waals surface area contributed by atoms with Crippen LogP contribution in [0.15, 0.2) is 91.0 Å². The molecule has 0 saturated heterocycles. The standard InChI is InChI=1S/C21H27O4P.C9H13O2P/c1-2-10-20(21(22)25-17-19-13-7-4-8-14-19)26(23,24)16-9-15-18-11-5-3-6-12-18;10-12(11)8-4-7-9-5-2-1-3-6-9/h3-8,11-14,20H,2,9-10,15-17H2,1H3,(H,23,24);1-3,5-6,12H,4,7-8H2,(H,10,11). The molecule has 3 atom stereocenters. The van der Waals surface area contributed by atoms with E-state index in [1.807, 2.05) is 97.9 Å². The van der Waals surface area contributed by atoms with Gasteiger partial charge in [0.1, 0.15) is 12.3 Å². The third-order valence-electron chi connectivity index (χ3n) is 6.03. The van der Waals surface area contributed by atoms with Gasteiger partial charge in [-0.1, -0.05) is 104 Å². The van der Waals surface area contributed by atoms with Crippen LogP contribution in [0.5, 0.6) is 0 Å². The molecule has 0 fully saturated rings. The van der Waals surface area contributed by atoms with Crippen LogP contribution in [0.25, 0.3) is 0 Å². The quantitative estimate of drug-likeness (QED) is 0.165. The zero-order chi connectivity index (χ0) is 27.6. The molecule has 0 aliphatic carbocycles. The number of hydrogen-bond donors (Lipinski definition) is 2. The third kappa shape index (κ3) is 12.8. The second kappa shape index (κ2) is 17.9. The predicted molar refractivity (Wildman–Crippen MR) is 155 cm³/mol. The molecule has 0 aliphatic rings. The molecule has 0 bridgehead atoms. The largest absolute Gasteiger partial charge is 0.460 e. The van der Waals surface area contributed by atoms with E-state index in [0.29, 0.717) is 25.4 Å². The summed E-state index contributed by atoms with van der Waals surface area (Å²) in [5.74, 6) is -0.568. The molecule has 3 rings (SSSR count). The lowest BCUT2D eigenvalue weighted by molar-refractivity contribution is -0.144. The molecule has 0 aliphatic heterocycles. The van der Waals surface area contributed by atoms with E-state index in [1.54, 1.807) is 0 Å². The van der Waals surface area contributed by atoms with Gasteiger partial charge in [0.25, 0.3) is 0 Å². The molecule has 0 aromatic heterocycles. The topological polar surface area (TPSA) is 101 Å². The zero-order valence-corrected chi connectivity index (χ0v) is 24.0. The maximum atomic E-state index is 12.8. The van der Waals surface area contributed by atoms with Gasteiger partial charge in [-0.2, -0.15) is 0 Å². The van der Waals surface area contributed by atoms with Crippen LogP contribution in [-0.2, 0) is 38.1 Å². The van der Waals surface area contributed by atoms with E-state index in [2.05, 4.69) is 0 Å². The molecule has 8 heteroatoms. The predicted octanol–water partition coefficient (Wildman–Crippen LogP) is 6.89. The highest BCUT2D eigenvalue weighted by atomic mass is 31.2. The third-order valence-corrected chi connectivity index (χ3v) is 9.21. The van der Waals surface area contributed by atoms with Crippen molar-refractivity contribution in [3.8, 4) is 0 Å². The normalized spacial score (nSPS) is 13.9. The lowest BCUT2D eigenvalue weighted by Crippen LogP contribution is -2.25. The van der Waals surface area contributed by atoms with Crippen LogP contribution >= 0.6 is 15.4 Å². The molecule has 0 spiro atoms. The van der Waals surface area contributed by atoms with Gasteiger partial charge in [0.15, 0.2) is 8.03 Å². The Labute approximate surface area is 227 Å². The number of benzene rings is 3. The number of carbonyl (C=O) groups is 1. The molecule has 6 nitrogen and oxygen atoms in total. The van der Waals surface area contributed by atoms with Gasteiger partial charge in [0.05, 0.1) is 0 Å². The van der Waals surface area contributed by atoms with Crippen molar-refractivity contribution in [2.75, 3.05) is 12.3 Å². The van der Waals surface area contributed by atoms with Gasteiger partial charge in [-0.25, -0.2) is 0 Å². The number of carbonyl (C=O) groups excluding carboxylic acids is 1. The number of esters is 1.